The summed E-state index contributed by atoms with van der Waals surface area (Å²) in [6.07, 6.45) is 1.76. The first-order valence-corrected chi connectivity index (χ1v) is 11.5. The number of aryl methyl sites for hydroxylation is 2. The lowest BCUT2D eigenvalue weighted by Gasteiger charge is -2.28. The van der Waals surface area contributed by atoms with E-state index in [2.05, 4.69) is 16.4 Å². The van der Waals surface area contributed by atoms with E-state index in [4.69, 9.17) is 12.2 Å². The van der Waals surface area contributed by atoms with Gasteiger partial charge in [-0.15, -0.1) is 0 Å². The molecule has 0 aliphatic carbocycles. The summed E-state index contributed by atoms with van der Waals surface area (Å²) in [5.41, 5.74) is 5.95. The van der Waals surface area contributed by atoms with Crippen LogP contribution in [0.5, 0.6) is 0 Å². The normalized spacial score (nSPS) is 17.8. The Balaban J connectivity index is 1.69. The second-order valence-corrected chi connectivity index (χ2v) is 8.96. The van der Waals surface area contributed by atoms with Crippen LogP contribution < -0.4 is 10.2 Å². The lowest BCUT2D eigenvalue weighted by Crippen LogP contribution is -2.29. The lowest BCUT2D eigenvalue weighted by atomic mass is 9.96. The molecule has 2 aromatic heterocycles. The molecule has 5 rings (SSSR count). The highest BCUT2D eigenvalue weighted by Crippen LogP contribution is 2.44. The van der Waals surface area contributed by atoms with Gasteiger partial charge in [-0.25, -0.2) is 8.78 Å². The molecule has 0 saturated carbocycles. The van der Waals surface area contributed by atoms with Gasteiger partial charge in [-0.3, -0.25) is 4.98 Å². The molecule has 0 amide bonds. The molecule has 1 aliphatic heterocycles. The molecule has 3 heterocycles. The highest BCUT2D eigenvalue weighted by molar-refractivity contribution is 7.80. The Morgan fingerprint density at radius 1 is 0.912 bits per heavy atom. The van der Waals surface area contributed by atoms with Crippen LogP contribution in [0.4, 0.5) is 14.5 Å². The average molecular weight is 475 g/mol. The van der Waals surface area contributed by atoms with E-state index in [9.17, 15) is 8.78 Å². The third kappa shape index (κ3) is 3.76. The zero-order valence-corrected chi connectivity index (χ0v) is 19.9. The molecule has 0 bridgehead atoms. The van der Waals surface area contributed by atoms with E-state index in [0.29, 0.717) is 10.7 Å². The number of pyridine rings is 1. The minimum absolute atomic E-state index is 0.222. The molecule has 2 aromatic carbocycles. The first kappa shape index (κ1) is 22.2. The predicted molar refractivity (Wildman–Crippen MR) is 134 cm³/mol. The molecule has 0 unspecified atom stereocenters. The Labute approximate surface area is 202 Å². The van der Waals surface area contributed by atoms with Crippen LogP contribution in [0.25, 0.3) is 5.69 Å². The number of anilines is 1. The molecular weight excluding hydrogens is 450 g/mol. The van der Waals surface area contributed by atoms with Crippen molar-refractivity contribution in [2.75, 3.05) is 4.90 Å². The summed E-state index contributed by atoms with van der Waals surface area (Å²) < 4.78 is 30.1. The number of thiocarbonyl (C=S) groups is 1. The lowest BCUT2D eigenvalue weighted by molar-refractivity contribution is 0.564. The molecule has 2 atom stereocenters. The predicted octanol–water partition coefficient (Wildman–Crippen LogP) is 6.25. The van der Waals surface area contributed by atoms with E-state index in [1.807, 2.05) is 53.6 Å². The molecule has 1 saturated heterocycles. The summed E-state index contributed by atoms with van der Waals surface area (Å²) in [5, 5.41) is 3.98. The van der Waals surface area contributed by atoms with Gasteiger partial charge in [0, 0.05) is 29.0 Å². The number of halogens is 2. The van der Waals surface area contributed by atoms with Crippen molar-refractivity contribution in [2.24, 2.45) is 0 Å². The zero-order chi connectivity index (χ0) is 24.0. The van der Waals surface area contributed by atoms with Gasteiger partial charge in [-0.05, 0) is 98.7 Å². The van der Waals surface area contributed by atoms with Gasteiger partial charge in [-0.2, -0.15) is 0 Å². The first-order valence-electron chi connectivity index (χ1n) is 11.1. The second-order valence-electron chi connectivity index (χ2n) is 8.57. The van der Waals surface area contributed by atoms with Crippen molar-refractivity contribution in [2.45, 2.75) is 32.9 Å². The summed E-state index contributed by atoms with van der Waals surface area (Å²) in [6, 6.07) is 19.0. The third-order valence-electron chi connectivity index (χ3n) is 6.37. The fraction of sp³-hybridized carbons (Fsp3) is 0.185. The molecule has 4 aromatic rings. The van der Waals surface area contributed by atoms with Crippen molar-refractivity contribution in [3.63, 3.8) is 0 Å². The highest BCUT2D eigenvalue weighted by atomic mass is 32.1. The number of aromatic nitrogens is 2. The smallest absolute Gasteiger partial charge is 0.174 e. The Morgan fingerprint density at radius 3 is 2.44 bits per heavy atom. The maximum Gasteiger partial charge on any atom is 0.174 e. The Hall–Kier alpha value is -3.58. The van der Waals surface area contributed by atoms with Gasteiger partial charge in [0.2, 0.25) is 0 Å². The Morgan fingerprint density at radius 2 is 1.74 bits per heavy atom. The quantitative estimate of drug-likeness (QED) is 0.354. The van der Waals surface area contributed by atoms with E-state index >= 15 is 0 Å². The molecule has 1 fully saturated rings. The minimum Gasteiger partial charge on any atom is -0.351 e. The van der Waals surface area contributed by atoms with Gasteiger partial charge in [-0.1, -0.05) is 12.1 Å². The average Bonchev–Trinajstić information content (AvgIpc) is 3.31. The van der Waals surface area contributed by atoms with Crippen molar-refractivity contribution >= 4 is 23.0 Å². The molecule has 172 valence electrons. The standard InChI is InChI=1S/C27H24F2N4S/c1-16-13-21(10-11-23(16)29)33-26(25(31-27(33)34)24-9-4-5-12-30-24)22-14-17(2)32(18(22)3)20-8-6-7-19(28)15-20/h4-15,25-26H,1-3H3,(H,31,34)/t25-,26-/m0/s1. The summed E-state index contributed by atoms with van der Waals surface area (Å²) >= 11 is 5.78. The molecule has 7 heteroatoms. The summed E-state index contributed by atoms with van der Waals surface area (Å²) in [5.74, 6) is -0.547. The number of benzene rings is 2. The fourth-order valence-corrected chi connectivity index (χ4v) is 5.17. The van der Waals surface area contributed by atoms with E-state index in [0.717, 1.165) is 34.0 Å². The second kappa shape index (κ2) is 8.65. The van der Waals surface area contributed by atoms with Gasteiger partial charge < -0.3 is 14.8 Å². The molecular formula is C27H24F2N4S. The van der Waals surface area contributed by atoms with Gasteiger partial charge in [0.05, 0.1) is 17.8 Å². The van der Waals surface area contributed by atoms with Crippen molar-refractivity contribution in [1.29, 1.82) is 0 Å². The number of nitrogens with one attached hydrogen (secondary N) is 1. The van der Waals surface area contributed by atoms with Crippen molar-refractivity contribution in [3.8, 4) is 5.69 Å². The SMILES string of the molecule is Cc1cc(N2C(=S)N[C@@H](c3ccccn3)[C@@H]2c2cc(C)n(-c3cccc(F)c3)c2C)ccc1F. The van der Waals surface area contributed by atoms with Crippen LogP contribution in [-0.2, 0) is 0 Å². The van der Waals surface area contributed by atoms with Crippen LogP contribution in [0.3, 0.4) is 0 Å². The first-order chi connectivity index (χ1) is 16.3. The van der Waals surface area contributed by atoms with Gasteiger partial charge in [0.15, 0.2) is 5.11 Å². The van der Waals surface area contributed by atoms with Crippen LogP contribution in [0, 0.1) is 32.4 Å². The molecule has 0 spiro atoms. The minimum atomic E-state index is -0.287. The molecule has 34 heavy (non-hydrogen) atoms. The topological polar surface area (TPSA) is 33.1 Å². The van der Waals surface area contributed by atoms with Crippen LogP contribution in [0.2, 0.25) is 0 Å². The van der Waals surface area contributed by atoms with Gasteiger partial charge in [0.25, 0.3) is 0 Å². The van der Waals surface area contributed by atoms with E-state index in [1.54, 1.807) is 25.3 Å². The third-order valence-corrected chi connectivity index (χ3v) is 6.69. The maximum atomic E-state index is 14.1. The highest BCUT2D eigenvalue weighted by Gasteiger charge is 2.42. The number of hydrogen-bond acceptors (Lipinski definition) is 2. The Kier molecular flexibility index (Phi) is 5.65. The van der Waals surface area contributed by atoms with Crippen LogP contribution >= 0.6 is 12.2 Å². The van der Waals surface area contributed by atoms with Gasteiger partial charge >= 0.3 is 0 Å². The van der Waals surface area contributed by atoms with Crippen LogP contribution in [0.15, 0.2) is 72.9 Å². The number of rotatable bonds is 4. The number of nitrogens with zero attached hydrogens (tertiary/aromatic N) is 3. The maximum absolute atomic E-state index is 14.1. The summed E-state index contributed by atoms with van der Waals surface area (Å²) in [7, 11) is 0. The van der Waals surface area contributed by atoms with E-state index in [1.165, 1.54) is 18.2 Å². The Bertz CT molecular complexity index is 1380. The van der Waals surface area contributed by atoms with E-state index in [-0.39, 0.29) is 23.7 Å². The van der Waals surface area contributed by atoms with Gasteiger partial charge in [0.1, 0.15) is 11.6 Å². The van der Waals surface area contributed by atoms with Crippen LogP contribution in [0.1, 0.15) is 40.3 Å². The fourth-order valence-electron chi connectivity index (χ4n) is 4.83. The zero-order valence-electron chi connectivity index (χ0n) is 19.1. The molecule has 0 radical (unpaired) electrons. The van der Waals surface area contributed by atoms with Crippen molar-refractivity contribution in [3.05, 3.63) is 113 Å². The largest absolute Gasteiger partial charge is 0.351 e. The van der Waals surface area contributed by atoms with Crippen LogP contribution in [-0.4, -0.2) is 14.7 Å². The summed E-state index contributed by atoms with van der Waals surface area (Å²) in [6.45, 7) is 5.77. The monoisotopic (exact) mass is 474 g/mol. The molecule has 1 N–H and O–H groups in total. The summed E-state index contributed by atoms with van der Waals surface area (Å²) in [4.78, 5) is 6.62. The van der Waals surface area contributed by atoms with Crippen molar-refractivity contribution < 1.29 is 8.78 Å². The number of hydrogen-bond donors (Lipinski definition) is 1. The molecule has 1 aliphatic rings. The van der Waals surface area contributed by atoms with Crippen molar-refractivity contribution in [1.82, 2.24) is 14.9 Å². The van der Waals surface area contributed by atoms with E-state index < -0.39 is 0 Å². The molecule has 4 nitrogen and oxygen atoms in total.